The van der Waals surface area contributed by atoms with Crippen LogP contribution in [0.25, 0.3) is 0 Å². The van der Waals surface area contributed by atoms with Crippen LogP contribution in [0.1, 0.15) is 72.6 Å². The second-order valence-electron chi connectivity index (χ2n) is 8.25. The average molecular weight is 417 g/mol. The fourth-order valence-electron chi connectivity index (χ4n) is 2.47. The Morgan fingerprint density at radius 2 is 0.897 bits per heavy atom. The van der Waals surface area contributed by atoms with Crippen molar-refractivity contribution >= 4 is 11.6 Å². The second kappa shape index (κ2) is 20.5. The molecule has 0 spiro atoms. The summed E-state index contributed by atoms with van der Waals surface area (Å²) < 4.78 is 21.7. The molecule has 0 aliphatic carbocycles. The molecule has 0 aromatic heterocycles. The summed E-state index contributed by atoms with van der Waals surface area (Å²) in [5.41, 5.74) is 0. The van der Waals surface area contributed by atoms with Crippen LogP contribution in [0.5, 0.6) is 0 Å². The summed E-state index contributed by atoms with van der Waals surface area (Å²) in [4.78, 5) is 23.2. The minimum absolute atomic E-state index is 0.271. The highest BCUT2D eigenvalue weighted by Crippen LogP contribution is 2.07. The number of hydrogen-bond acceptors (Lipinski definition) is 6. The van der Waals surface area contributed by atoms with Crippen LogP contribution in [0.4, 0.5) is 0 Å². The van der Waals surface area contributed by atoms with Gasteiger partial charge in [0.2, 0.25) is 0 Å². The molecule has 0 N–H and O–H groups in total. The molecule has 0 radical (unpaired) electrons. The van der Waals surface area contributed by atoms with E-state index in [2.05, 4.69) is 27.7 Å². The lowest BCUT2D eigenvalue weighted by Gasteiger charge is -2.08. The predicted molar refractivity (Wildman–Crippen MR) is 115 cm³/mol. The van der Waals surface area contributed by atoms with Crippen molar-refractivity contribution in [2.24, 2.45) is 11.8 Å². The van der Waals surface area contributed by atoms with Gasteiger partial charge in [-0.15, -0.1) is 0 Å². The molecule has 0 aromatic carbocycles. The normalized spacial score (nSPS) is 11.5. The van der Waals surface area contributed by atoms with Crippen LogP contribution in [-0.4, -0.2) is 64.4 Å². The highest BCUT2D eigenvalue weighted by molar-refractivity contribution is 5.78. The monoisotopic (exact) mass is 416 g/mol. The lowest BCUT2D eigenvalue weighted by atomic mass is 10.0. The van der Waals surface area contributed by atoms with E-state index < -0.39 is 0 Å². The second-order valence-corrected chi connectivity index (χ2v) is 8.25. The number of carbonyl (C=O) groups excluding carboxylic acids is 2. The van der Waals surface area contributed by atoms with E-state index in [0.29, 0.717) is 96.2 Å². The molecular weight excluding hydrogens is 372 g/mol. The van der Waals surface area contributed by atoms with E-state index in [-0.39, 0.29) is 5.78 Å². The Labute approximate surface area is 178 Å². The zero-order valence-electron chi connectivity index (χ0n) is 19.2. The number of hydrogen-bond donors (Lipinski definition) is 0. The Morgan fingerprint density at radius 1 is 0.517 bits per heavy atom. The molecule has 0 saturated carbocycles. The molecule has 0 atom stereocenters. The van der Waals surface area contributed by atoms with E-state index in [1.165, 1.54) is 0 Å². The van der Waals surface area contributed by atoms with Crippen LogP contribution >= 0.6 is 0 Å². The third-order valence-corrected chi connectivity index (χ3v) is 4.39. The van der Waals surface area contributed by atoms with Gasteiger partial charge in [-0.2, -0.15) is 0 Å². The van der Waals surface area contributed by atoms with Gasteiger partial charge in [-0.3, -0.25) is 9.59 Å². The molecule has 0 amide bonds. The molecule has 29 heavy (non-hydrogen) atoms. The molecule has 0 bridgehead atoms. The van der Waals surface area contributed by atoms with Crippen LogP contribution in [0.2, 0.25) is 0 Å². The van der Waals surface area contributed by atoms with Crippen LogP contribution in [0, 0.1) is 11.8 Å². The van der Waals surface area contributed by atoms with Gasteiger partial charge in [0, 0.05) is 32.3 Å². The molecule has 172 valence electrons. The van der Waals surface area contributed by atoms with Gasteiger partial charge in [-0.1, -0.05) is 27.7 Å². The summed E-state index contributed by atoms with van der Waals surface area (Å²) in [6.45, 7) is 12.7. The number of ether oxygens (including phenoxy) is 4. The minimum Gasteiger partial charge on any atom is -0.379 e. The van der Waals surface area contributed by atoms with Crippen LogP contribution in [0.15, 0.2) is 0 Å². The van der Waals surface area contributed by atoms with E-state index >= 15 is 0 Å². The zero-order valence-corrected chi connectivity index (χ0v) is 19.2. The van der Waals surface area contributed by atoms with Crippen molar-refractivity contribution in [3.63, 3.8) is 0 Å². The van der Waals surface area contributed by atoms with E-state index in [1.54, 1.807) is 0 Å². The summed E-state index contributed by atoms with van der Waals surface area (Å²) in [7, 11) is 0. The van der Waals surface area contributed by atoms with Gasteiger partial charge < -0.3 is 18.9 Å². The molecule has 0 saturated heterocycles. The maximum atomic E-state index is 11.6. The van der Waals surface area contributed by atoms with Crippen molar-refractivity contribution < 1.29 is 28.5 Å². The third kappa shape index (κ3) is 23.3. The Balaban J connectivity index is 3.19. The Bertz CT molecular complexity index is 359. The molecule has 0 aliphatic rings. The van der Waals surface area contributed by atoms with E-state index in [9.17, 15) is 9.59 Å². The number of rotatable bonds is 22. The van der Waals surface area contributed by atoms with Crippen molar-refractivity contribution in [3.05, 3.63) is 0 Å². The highest BCUT2D eigenvalue weighted by atomic mass is 16.6. The van der Waals surface area contributed by atoms with Crippen LogP contribution < -0.4 is 0 Å². The van der Waals surface area contributed by atoms with Gasteiger partial charge in [-0.05, 0) is 31.1 Å². The molecule has 0 aromatic rings. The van der Waals surface area contributed by atoms with Gasteiger partial charge in [-0.25, -0.2) is 0 Å². The van der Waals surface area contributed by atoms with Crippen LogP contribution in [0.3, 0.4) is 0 Å². The van der Waals surface area contributed by atoms with Crippen molar-refractivity contribution in [1.82, 2.24) is 0 Å². The lowest BCUT2D eigenvalue weighted by Crippen LogP contribution is -2.13. The Hall–Kier alpha value is -0.820. The molecule has 0 fully saturated rings. The standard InChI is InChI=1S/C23H44O6/c1-20(2)7-9-22(24)6-5-12-26-14-16-28-18-19-29-17-15-27-13-11-23(25)10-8-21(3)4/h20-21H,5-19H2,1-4H3. The molecule has 0 rings (SSSR count). The summed E-state index contributed by atoms with van der Waals surface area (Å²) >= 11 is 0. The fourth-order valence-corrected chi connectivity index (χ4v) is 2.47. The topological polar surface area (TPSA) is 71.1 Å². The van der Waals surface area contributed by atoms with Crippen molar-refractivity contribution in [3.8, 4) is 0 Å². The molecule has 0 aliphatic heterocycles. The molecule has 6 heteroatoms. The molecule has 6 nitrogen and oxygen atoms in total. The minimum atomic E-state index is 0.271. The first-order valence-corrected chi connectivity index (χ1v) is 11.3. The predicted octanol–water partition coefficient (Wildman–Crippen LogP) is 4.23. The summed E-state index contributed by atoms with van der Waals surface area (Å²) in [5.74, 6) is 1.75. The number of carbonyl (C=O) groups is 2. The molecular formula is C23H44O6. The zero-order chi connectivity index (χ0) is 21.7. The van der Waals surface area contributed by atoms with E-state index in [1.807, 2.05) is 0 Å². The third-order valence-electron chi connectivity index (χ3n) is 4.39. The van der Waals surface area contributed by atoms with Gasteiger partial charge in [0.05, 0.1) is 46.2 Å². The smallest absolute Gasteiger partial charge is 0.135 e. The largest absolute Gasteiger partial charge is 0.379 e. The first-order valence-electron chi connectivity index (χ1n) is 11.3. The first kappa shape index (κ1) is 28.2. The summed E-state index contributed by atoms with van der Waals surface area (Å²) in [6.07, 6.45) is 5.13. The Kier molecular flexibility index (Phi) is 19.9. The van der Waals surface area contributed by atoms with Gasteiger partial charge in [0.25, 0.3) is 0 Å². The molecule has 0 heterocycles. The maximum Gasteiger partial charge on any atom is 0.135 e. The SMILES string of the molecule is CC(C)CCC(=O)CCCOCCOCCOCCOCCC(=O)CCC(C)C. The number of ketones is 2. The number of Topliss-reactive ketones (excluding diaryl/α,β-unsaturated/α-hetero) is 2. The van der Waals surface area contributed by atoms with Crippen LogP contribution in [-0.2, 0) is 28.5 Å². The van der Waals surface area contributed by atoms with Gasteiger partial charge in [0.15, 0.2) is 0 Å². The van der Waals surface area contributed by atoms with E-state index in [0.717, 1.165) is 19.3 Å². The van der Waals surface area contributed by atoms with Gasteiger partial charge in [0.1, 0.15) is 11.6 Å². The van der Waals surface area contributed by atoms with Gasteiger partial charge >= 0.3 is 0 Å². The summed E-state index contributed by atoms with van der Waals surface area (Å²) in [5, 5.41) is 0. The van der Waals surface area contributed by atoms with Crippen molar-refractivity contribution in [2.45, 2.75) is 72.6 Å². The Morgan fingerprint density at radius 3 is 1.34 bits per heavy atom. The highest BCUT2D eigenvalue weighted by Gasteiger charge is 2.04. The fraction of sp³-hybridized carbons (Fsp3) is 0.913. The summed E-state index contributed by atoms with van der Waals surface area (Å²) in [6, 6.07) is 0. The lowest BCUT2D eigenvalue weighted by molar-refractivity contribution is -0.121. The van der Waals surface area contributed by atoms with E-state index in [4.69, 9.17) is 18.9 Å². The first-order chi connectivity index (χ1) is 13.9. The average Bonchev–Trinajstić information content (AvgIpc) is 2.67. The quantitative estimate of drug-likeness (QED) is 0.246. The van der Waals surface area contributed by atoms with Crippen molar-refractivity contribution in [2.75, 3.05) is 52.9 Å². The van der Waals surface area contributed by atoms with Crippen molar-refractivity contribution in [1.29, 1.82) is 0 Å². The maximum absolute atomic E-state index is 11.6. The molecule has 0 unspecified atom stereocenters.